The van der Waals surface area contributed by atoms with Gasteiger partial charge in [-0.1, -0.05) is 58.8 Å². The molecule has 2 aromatic rings. The molecule has 0 saturated heterocycles. The van der Waals surface area contributed by atoms with E-state index in [9.17, 15) is 0 Å². The average Bonchev–Trinajstić information content (AvgIpc) is 2.58. The van der Waals surface area contributed by atoms with Crippen LogP contribution in [0.25, 0.3) is 20.9 Å². The minimum absolute atomic E-state index is 0.392. The van der Waals surface area contributed by atoms with Crippen LogP contribution >= 0.6 is 0 Å². The van der Waals surface area contributed by atoms with Gasteiger partial charge in [-0.2, -0.15) is 0 Å². The molecule has 0 radical (unpaired) electrons. The highest BCUT2D eigenvalue weighted by Crippen LogP contribution is 2.11. The Morgan fingerprint density at radius 3 is 1.23 bits per heavy atom. The van der Waals surface area contributed by atoms with Crippen molar-refractivity contribution >= 4 is 0 Å². The van der Waals surface area contributed by atoms with E-state index in [4.69, 9.17) is 11.1 Å². The Labute approximate surface area is 128 Å². The summed E-state index contributed by atoms with van der Waals surface area (Å²) in [4.78, 5) is 5.51. The molecule has 6 nitrogen and oxygen atoms in total. The summed E-state index contributed by atoms with van der Waals surface area (Å²) < 4.78 is 0. The molecular formula is C16H16N6. The molecule has 0 aromatic heterocycles. The average molecular weight is 292 g/mol. The maximum Gasteiger partial charge on any atom is 0.0510 e. The number of azide groups is 2. The Hall–Kier alpha value is -2.94. The van der Waals surface area contributed by atoms with Crippen LogP contribution in [-0.2, 0) is 25.9 Å². The third kappa shape index (κ3) is 4.87. The fraction of sp³-hybridized carbons (Fsp3) is 0.250. The Morgan fingerprint density at radius 2 is 0.909 bits per heavy atom. The van der Waals surface area contributed by atoms with E-state index in [1.165, 1.54) is 11.1 Å². The fourth-order valence-electron chi connectivity index (χ4n) is 2.14. The molecule has 0 aliphatic carbocycles. The number of hydrogen-bond donors (Lipinski definition) is 0. The highest BCUT2D eigenvalue weighted by atomic mass is 15.1. The van der Waals surface area contributed by atoms with Gasteiger partial charge in [-0.05, 0) is 46.2 Å². The second-order valence-electron chi connectivity index (χ2n) is 4.91. The Balaban J connectivity index is 1.89. The molecule has 110 valence electrons. The van der Waals surface area contributed by atoms with Crippen LogP contribution in [0, 0.1) is 0 Å². The van der Waals surface area contributed by atoms with Gasteiger partial charge in [0.2, 0.25) is 0 Å². The molecule has 2 aromatic carbocycles. The first-order valence-corrected chi connectivity index (χ1v) is 6.99. The van der Waals surface area contributed by atoms with E-state index in [1.54, 1.807) is 0 Å². The third-order valence-electron chi connectivity index (χ3n) is 3.38. The van der Waals surface area contributed by atoms with Gasteiger partial charge in [-0.3, -0.25) is 0 Å². The van der Waals surface area contributed by atoms with E-state index in [-0.39, 0.29) is 0 Å². The lowest BCUT2D eigenvalue weighted by molar-refractivity contribution is 0.950. The molecule has 0 aliphatic heterocycles. The van der Waals surface area contributed by atoms with Gasteiger partial charge in [0, 0.05) is 9.82 Å². The molecule has 0 aliphatic rings. The van der Waals surface area contributed by atoms with Crippen molar-refractivity contribution < 1.29 is 0 Å². The van der Waals surface area contributed by atoms with Crippen LogP contribution in [0.4, 0.5) is 0 Å². The number of benzene rings is 2. The largest absolute Gasteiger partial charge is 0.0893 e. The Morgan fingerprint density at radius 1 is 0.591 bits per heavy atom. The summed E-state index contributed by atoms with van der Waals surface area (Å²) in [7, 11) is 0. The molecule has 0 amide bonds. The van der Waals surface area contributed by atoms with Crippen LogP contribution in [0.5, 0.6) is 0 Å². The van der Waals surface area contributed by atoms with E-state index < -0.39 is 0 Å². The Kier molecular flexibility index (Phi) is 5.88. The second-order valence-corrected chi connectivity index (χ2v) is 4.91. The lowest BCUT2D eigenvalue weighted by atomic mass is 10.0. The first kappa shape index (κ1) is 15.4. The van der Waals surface area contributed by atoms with E-state index in [1.807, 2.05) is 24.3 Å². The first-order valence-electron chi connectivity index (χ1n) is 6.99. The molecule has 2 rings (SSSR count). The van der Waals surface area contributed by atoms with Crippen molar-refractivity contribution in [1.82, 2.24) is 0 Å². The summed E-state index contributed by atoms with van der Waals surface area (Å²) in [6.07, 6.45) is 1.91. The Bertz CT molecular complexity index is 629. The van der Waals surface area contributed by atoms with Crippen LogP contribution in [0.1, 0.15) is 22.3 Å². The van der Waals surface area contributed by atoms with Crippen molar-refractivity contribution in [3.8, 4) is 0 Å². The zero-order valence-corrected chi connectivity index (χ0v) is 12.1. The highest BCUT2D eigenvalue weighted by Gasteiger charge is 1.98. The van der Waals surface area contributed by atoms with Gasteiger partial charge in [0.25, 0.3) is 0 Å². The zero-order valence-electron chi connectivity index (χ0n) is 12.1. The number of aryl methyl sites for hydroxylation is 2. The van der Waals surface area contributed by atoms with Crippen molar-refractivity contribution in [1.29, 1.82) is 0 Å². The van der Waals surface area contributed by atoms with Crippen LogP contribution in [0.3, 0.4) is 0 Å². The van der Waals surface area contributed by atoms with Crippen LogP contribution in [-0.4, -0.2) is 0 Å². The first-order chi connectivity index (χ1) is 10.8. The fourth-order valence-corrected chi connectivity index (χ4v) is 2.14. The van der Waals surface area contributed by atoms with Gasteiger partial charge < -0.3 is 0 Å². The quantitative estimate of drug-likeness (QED) is 0.385. The molecular weight excluding hydrogens is 276 g/mol. The van der Waals surface area contributed by atoms with Gasteiger partial charge in [0.05, 0.1) is 13.1 Å². The summed E-state index contributed by atoms with van der Waals surface area (Å²) in [6, 6.07) is 16.2. The van der Waals surface area contributed by atoms with Crippen molar-refractivity contribution in [2.45, 2.75) is 25.9 Å². The molecule has 0 N–H and O–H groups in total. The van der Waals surface area contributed by atoms with Gasteiger partial charge in [-0.25, -0.2) is 0 Å². The van der Waals surface area contributed by atoms with Gasteiger partial charge in [0.15, 0.2) is 0 Å². The van der Waals surface area contributed by atoms with E-state index in [0.29, 0.717) is 13.1 Å². The molecule has 0 saturated carbocycles. The second kappa shape index (κ2) is 8.37. The molecule has 6 heteroatoms. The van der Waals surface area contributed by atoms with Crippen molar-refractivity contribution in [3.63, 3.8) is 0 Å². The maximum atomic E-state index is 8.29. The predicted molar refractivity (Wildman–Crippen MR) is 86.0 cm³/mol. The molecule has 0 bridgehead atoms. The van der Waals surface area contributed by atoms with Gasteiger partial charge in [0.1, 0.15) is 0 Å². The SMILES string of the molecule is [N-]=[N+]=NCc1ccc(CCc2ccc(CN=[N+]=[N-])cc2)cc1. The summed E-state index contributed by atoms with van der Waals surface area (Å²) in [5.74, 6) is 0. The third-order valence-corrected chi connectivity index (χ3v) is 3.38. The molecule has 0 unspecified atom stereocenters. The predicted octanol–water partition coefficient (Wildman–Crippen LogP) is 5.09. The van der Waals surface area contributed by atoms with Gasteiger partial charge in [-0.15, -0.1) is 0 Å². The number of rotatable bonds is 7. The smallest absolute Gasteiger partial charge is 0.0510 e. The van der Waals surface area contributed by atoms with Crippen LogP contribution in [0.15, 0.2) is 58.8 Å². The number of nitrogens with zero attached hydrogens (tertiary/aromatic N) is 6. The minimum Gasteiger partial charge on any atom is -0.0893 e. The zero-order chi connectivity index (χ0) is 15.6. The molecule has 0 atom stereocenters. The lowest BCUT2D eigenvalue weighted by Crippen LogP contribution is -1.92. The standard InChI is InChI=1S/C16H16N6/c17-21-19-11-15-7-3-13(4-8-15)1-2-14-5-9-16(10-6-14)12-20-22-18/h3-10H,1-2,11-12H2. The summed E-state index contributed by atoms with van der Waals surface area (Å²) in [5, 5.41) is 7.09. The number of hydrogen-bond acceptors (Lipinski definition) is 2. The van der Waals surface area contributed by atoms with Crippen molar-refractivity contribution in [3.05, 3.63) is 91.7 Å². The van der Waals surface area contributed by atoms with E-state index in [0.717, 1.165) is 24.0 Å². The minimum atomic E-state index is 0.392. The van der Waals surface area contributed by atoms with Crippen LogP contribution in [0.2, 0.25) is 0 Å². The molecule has 22 heavy (non-hydrogen) atoms. The maximum absolute atomic E-state index is 8.29. The monoisotopic (exact) mass is 292 g/mol. The van der Waals surface area contributed by atoms with Crippen LogP contribution < -0.4 is 0 Å². The van der Waals surface area contributed by atoms with E-state index >= 15 is 0 Å². The van der Waals surface area contributed by atoms with Crippen molar-refractivity contribution in [2.24, 2.45) is 10.2 Å². The summed E-state index contributed by atoms with van der Waals surface area (Å²) >= 11 is 0. The summed E-state index contributed by atoms with van der Waals surface area (Å²) in [5.41, 5.74) is 21.1. The summed E-state index contributed by atoms with van der Waals surface area (Å²) in [6.45, 7) is 0.785. The van der Waals surface area contributed by atoms with Gasteiger partial charge >= 0.3 is 0 Å². The van der Waals surface area contributed by atoms with E-state index in [2.05, 4.69) is 44.3 Å². The molecule has 0 heterocycles. The topological polar surface area (TPSA) is 97.5 Å². The normalized spacial score (nSPS) is 9.64. The van der Waals surface area contributed by atoms with Crippen molar-refractivity contribution in [2.75, 3.05) is 0 Å². The highest BCUT2D eigenvalue weighted by molar-refractivity contribution is 5.26. The molecule has 0 spiro atoms. The lowest BCUT2D eigenvalue weighted by Gasteiger charge is -2.04. The molecule has 0 fully saturated rings.